The van der Waals surface area contributed by atoms with E-state index in [4.69, 9.17) is 0 Å². The fourth-order valence-corrected chi connectivity index (χ4v) is 9.19. The summed E-state index contributed by atoms with van der Waals surface area (Å²) in [4.78, 5) is 13.4. The van der Waals surface area contributed by atoms with Gasteiger partial charge in [-0.3, -0.25) is 4.79 Å². The SMILES string of the molecule is O=C(C=C(O)C12CC3CC(CC(C3)C1)C2)C12CC3CCC1CC(C3)C2. The molecule has 4 atom stereocenters. The van der Waals surface area contributed by atoms with E-state index >= 15 is 0 Å². The number of rotatable bonds is 3. The highest BCUT2D eigenvalue weighted by atomic mass is 16.3. The van der Waals surface area contributed by atoms with Gasteiger partial charge in [0.15, 0.2) is 5.78 Å². The van der Waals surface area contributed by atoms with Crippen LogP contribution in [0.3, 0.4) is 0 Å². The lowest BCUT2D eigenvalue weighted by molar-refractivity contribution is -0.130. The van der Waals surface area contributed by atoms with E-state index in [1.54, 1.807) is 6.08 Å². The number of hydrogen-bond donors (Lipinski definition) is 1. The molecule has 0 saturated heterocycles. The Kier molecular flexibility index (Phi) is 3.01. The molecule has 0 radical (unpaired) electrons. The topological polar surface area (TPSA) is 37.3 Å². The minimum atomic E-state index is -0.0812. The summed E-state index contributed by atoms with van der Waals surface area (Å²) in [6.45, 7) is 0. The Morgan fingerprint density at radius 1 is 0.760 bits per heavy atom. The van der Waals surface area contributed by atoms with Crippen LogP contribution in [0.1, 0.15) is 77.0 Å². The van der Waals surface area contributed by atoms with E-state index in [1.807, 2.05) is 0 Å². The van der Waals surface area contributed by atoms with Crippen LogP contribution in [0.15, 0.2) is 11.8 Å². The monoisotopic (exact) mass is 340 g/mol. The fraction of sp³-hybridized carbons (Fsp3) is 0.870. The number of fused-ring (bicyclic) bond motifs is 2. The molecule has 0 aromatic rings. The zero-order valence-corrected chi connectivity index (χ0v) is 15.4. The summed E-state index contributed by atoms with van der Waals surface area (Å²) < 4.78 is 0. The average molecular weight is 341 g/mol. The Morgan fingerprint density at radius 2 is 1.32 bits per heavy atom. The quantitative estimate of drug-likeness (QED) is 0.549. The Balaban J connectivity index is 1.31. The van der Waals surface area contributed by atoms with Crippen LogP contribution in [0, 0.1) is 46.3 Å². The average Bonchev–Trinajstić information content (AvgIpc) is 2.71. The van der Waals surface area contributed by atoms with Gasteiger partial charge in [-0.05, 0) is 106 Å². The van der Waals surface area contributed by atoms with Crippen molar-refractivity contribution >= 4 is 5.78 Å². The van der Waals surface area contributed by atoms with Gasteiger partial charge in [-0.15, -0.1) is 0 Å². The molecule has 4 unspecified atom stereocenters. The third kappa shape index (κ3) is 2.06. The number of aliphatic hydroxyl groups is 1. The summed E-state index contributed by atoms with van der Waals surface area (Å²) in [7, 11) is 0. The summed E-state index contributed by atoms with van der Waals surface area (Å²) in [5.74, 6) is 5.46. The van der Waals surface area contributed by atoms with Crippen LogP contribution in [-0.2, 0) is 4.79 Å². The van der Waals surface area contributed by atoms with E-state index < -0.39 is 0 Å². The number of ketones is 1. The van der Waals surface area contributed by atoms with Crippen molar-refractivity contribution in [2.24, 2.45) is 46.3 Å². The highest BCUT2D eigenvalue weighted by molar-refractivity contribution is 5.96. The minimum Gasteiger partial charge on any atom is -0.512 e. The van der Waals surface area contributed by atoms with Gasteiger partial charge in [-0.25, -0.2) is 0 Å². The van der Waals surface area contributed by atoms with E-state index in [0.29, 0.717) is 17.5 Å². The van der Waals surface area contributed by atoms with Crippen LogP contribution < -0.4 is 0 Å². The van der Waals surface area contributed by atoms with Crippen LogP contribution in [0.4, 0.5) is 0 Å². The van der Waals surface area contributed by atoms with E-state index in [0.717, 1.165) is 61.7 Å². The second-order valence-electron chi connectivity index (χ2n) is 11.1. The van der Waals surface area contributed by atoms with Crippen LogP contribution in [0.2, 0.25) is 0 Å². The van der Waals surface area contributed by atoms with Gasteiger partial charge < -0.3 is 5.11 Å². The first kappa shape index (κ1) is 15.3. The lowest BCUT2D eigenvalue weighted by atomic mass is 9.49. The molecule has 25 heavy (non-hydrogen) atoms. The van der Waals surface area contributed by atoms with Gasteiger partial charge in [0.25, 0.3) is 0 Å². The van der Waals surface area contributed by atoms with E-state index in [1.165, 1.54) is 44.9 Å². The fourth-order valence-electron chi connectivity index (χ4n) is 9.19. The second-order valence-corrected chi connectivity index (χ2v) is 11.1. The Bertz CT molecular complexity index is 611. The van der Waals surface area contributed by atoms with Crippen molar-refractivity contribution in [3.8, 4) is 0 Å². The van der Waals surface area contributed by atoms with Gasteiger partial charge in [0.1, 0.15) is 5.76 Å². The predicted octanol–water partition coefficient (Wildman–Crippen LogP) is 5.43. The third-order valence-electron chi connectivity index (χ3n) is 9.64. The van der Waals surface area contributed by atoms with E-state index in [9.17, 15) is 9.90 Å². The smallest absolute Gasteiger partial charge is 0.165 e. The van der Waals surface area contributed by atoms with Crippen molar-refractivity contribution < 1.29 is 9.90 Å². The number of carbonyl (C=O) groups excluding carboxylic acids is 1. The van der Waals surface area contributed by atoms with Crippen LogP contribution in [0.5, 0.6) is 0 Å². The van der Waals surface area contributed by atoms with Crippen molar-refractivity contribution in [2.45, 2.75) is 77.0 Å². The van der Waals surface area contributed by atoms with E-state index in [-0.39, 0.29) is 10.8 Å². The molecule has 0 amide bonds. The van der Waals surface area contributed by atoms with Crippen molar-refractivity contribution in [2.75, 3.05) is 0 Å². The maximum atomic E-state index is 13.4. The van der Waals surface area contributed by atoms with Gasteiger partial charge in [-0.2, -0.15) is 0 Å². The molecule has 2 nitrogen and oxygen atoms in total. The van der Waals surface area contributed by atoms with Gasteiger partial charge in [0, 0.05) is 16.9 Å². The molecule has 7 aliphatic rings. The zero-order chi connectivity index (χ0) is 16.8. The lowest BCUT2D eigenvalue weighted by Crippen LogP contribution is -2.47. The lowest BCUT2D eigenvalue weighted by Gasteiger charge is -2.56. The number of allylic oxidation sites excluding steroid dienone is 2. The van der Waals surface area contributed by atoms with Gasteiger partial charge in [0.2, 0.25) is 0 Å². The summed E-state index contributed by atoms with van der Waals surface area (Å²) >= 11 is 0. The molecule has 2 heteroatoms. The largest absolute Gasteiger partial charge is 0.512 e. The van der Waals surface area contributed by atoms with Crippen LogP contribution in [-0.4, -0.2) is 10.9 Å². The number of carbonyl (C=O) groups is 1. The number of aliphatic hydroxyl groups excluding tert-OH is 1. The van der Waals surface area contributed by atoms with Crippen molar-refractivity contribution in [3.63, 3.8) is 0 Å². The molecule has 7 fully saturated rings. The molecule has 7 rings (SSSR count). The third-order valence-corrected chi connectivity index (χ3v) is 9.64. The number of hydrogen-bond acceptors (Lipinski definition) is 2. The molecule has 0 aromatic heterocycles. The van der Waals surface area contributed by atoms with Gasteiger partial charge in [-0.1, -0.05) is 6.42 Å². The first-order chi connectivity index (χ1) is 12.0. The molecule has 7 bridgehead atoms. The van der Waals surface area contributed by atoms with E-state index in [2.05, 4.69) is 0 Å². The van der Waals surface area contributed by atoms with Gasteiger partial charge in [0.05, 0.1) is 0 Å². The van der Waals surface area contributed by atoms with Crippen LogP contribution in [0.25, 0.3) is 0 Å². The summed E-state index contributed by atoms with van der Waals surface area (Å²) in [6.07, 6.45) is 16.9. The van der Waals surface area contributed by atoms with Crippen LogP contribution >= 0.6 is 0 Å². The minimum absolute atomic E-state index is 0.0211. The van der Waals surface area contributed by atoms with Crippen molar-refractivity contribution in [3.05, 3.63) is 11.8 Å². The molecule has 0 spiro atoms. The summed E-state index contributed by atoms with van der Waals surface area (Å²) in [5.41, 5.74) is -0.102. The standard InChI is InChI=1S/C23H32O2/c24-20(22-9-15-4-16(10-22)6-17(5-15)11-22)8-21(25)23-12-14-1-2-19(23)7-18(3-14)13-23/h8,14-19,24H,1-7,9-13H2. The highest BCUT2D eigenvalue weighted by Crippen LogP contribution is 2.64. The van der Waals surface area contributed by atoms with Crippen molar-refractivity contribution in [1.29, 1.82) is 0 Å². The molecular weight excluding hydrogens is 308 g/mol. The normalized spacial score (nSPS) is 55.8. The van der Waals surface area contributed by atoms with Gasteiger partial charge >= 0.3 is 0 Å². The molecule has 7 saturated carbocycles. The molecular formula is C23H32O2. The maximum absolute atomic E-state index is 13.4. The predicted molar refractivity (Wildman–Crippen MR) is 96.9 cm³/mol. The molecule has 7 aliphatic carbocycles. The summed E-state index contributed by atoms with van der Waals surface area (Å²) in [5, 5.41) is 11.1. The Labute approximate surface area is 151 Å². The highest BCUT2D eigenvalue weighted by Gasteiger charge is 2.58. The maximum Gasteiger partial charge on any atom is 0.165 e. The molecule has 0 aromatic carbocycles. The molecule has 0 aliphatic heterocycles. The summed E-state index contributed by atoms with van der Waals surface area (Å²) in [6, 6.07) is 0. The second kappa shape index (κ2) is 4.93. The molecule has 1 N–H and O–H groups in total. The first-order valence-electron chi connectivity index (χ1n) is 11.0. The Hall–Kier alpha value is -0.790. The Morgan fingerprint density at radius 3 is 2.00 bits per heavy atom. The first-order valence-corrected chi connectivity index (χ1v) is 11.0. The van der Waals surface area contributed by atoms with Crippen molar-refractivity contribution in [1.82, 2.24) is 0 Å². The molecule has 0 heterocycles. The molecule has 136 valence electrons. The zero-order valence-electron chi connectivity index (χ0n) is 15.4.